The molecule has 20 heavy (non-hydrogen) atoms. The first kappa shape index (κ1) is 12.9. The predicted molar refractivity (Wildman–Crippen MR) is 74.2 cm³/mol. The summed E-state index contributed by atoms with van der Waals surface area (Å²) in [5.41, 5.74) is 5.50. The summed E-state index contributed by atoms with van der Waals surface area (Å²) in [6.07, 6.45) is 3.24. The maximum Gasteiger partial charge on any atom is 0.356 e. The zero-order valence-electron chi connectivity index (χ0n) is 10.7. The minimum atomic E-state index is -1.02. The Labute approximate surface area is 118 Å². The molecule has 7 nitrogen and oxygen atoms in total. The number of amides is 1. The number of hydrogen-bond acceptors (Lipinski definition) is 5. The normalized spacial score (nSPS) is 19.4. The Morgan fingerprint density at radius 1 is 1.50 bits per heavy atom. The lowest BCUT2D eigenvalue weighted by Crippen LogP contribution is -2.41. The fourth-order valence-corrected chi connectivity index (χ4v) is 3.30. The molecule has 0 saturated carbocycles. The monoisotopic (exact) mass is 294 g/mol. The molecule has 3 heterocycles. The second kappa shape index (κ2) is 4.78. The van der Waals surface area contributed by atoms with E-state index in [2.05, 4.69) is 4.98 Å². The molecule has 1 aliphatic rings. The highest BCUT2D eigenvalue weighted by atomic mass is 32.1. The SMILES string of the molecule is NC(=O)C1CCCN(c2nc3sccn3c2C(=O)O)C1. The smallest absolute Gasteiger partial charge is 0.356 e. The summed E-state index contributed by atoms with van der Waals surface area (Å²) in [5, 5.41) is 11.2. The molecule has 0 spiro atoms. The second-order valence-electron chi connectivity index (χ2n) is 4.83. The highest BCUT2D eigenvalue weighted by Crippen LogP contribution is 2.28. The summed E-state index contributed by atoms with van der Waals surface area (Å²) in [5.74, 6) is -1.18. The van der Waals surface area contributed by atoms with Crippen molar-refractivity contribution in [1.82, 2.24) is 9.38 Å². The van der Waals surface area contributed by atoms with Crippen LogP contribution in [0.5, 0.6) is 0 Å². The minimum Gasteiger partial charge on any atom is -0.476 e. The van der Waals surface area contributed by atoms with Gasteiger partial charge < -0.3 is 15.7 Å². The van der Waals surface area contributed by atoms with Gasteiger partial charge in [-0.2, -0.15) is 0 Å². The second-order valence-corrected chi connectivity index (χ2v) is 5.71. The Balaban J connectivity index is 2.00. The van der Waals surface area contributed by atoms with Crippen molar-refractivity contribution >= 4 is 34.0 Å². The minimum absolute atomic E-state index is 0.145. The van der Waals surface area contributed by atoms with Gasteiger partial charge in [0.05, 0.1) is 5.92 Å². The molecular formula is C12H14N4O3S. The van der Waals surface area contributed by atoms with E-state index in [4.69, 9.17) is 5.73 Å². The number of anilines is 1. The molecule has 0 aliphatic carbocycles. The molecule has 1 unspecified atom stereocenters. The number of carboxylic acids is 1. The third-order valence-corrected chi connectivity index (χ3v) is 4.33. The molecule has 3 N–H and O–H groups in total. The Bertz CT molecular complexity index is 677. The third kappa shape index (κ3) is 2.01. The molecule has 0 bridgehead atoms. The first-order valence-electron chi connectivity index (χ1n) is 6.31. The molecule has 1 amide bonds. The van der Waals surface area contributed by atoms with E-state index in [0.717, 1.165) is 12.8 Å². The number of hydrogen-bond donors (Lipinski definition) is 2. The van der Waals surface area contributed by atoms with Gasteiger partial charge in [-0.3, -0.25) is 9.20 Å². The number of fused-ring (bicyclic) bond motifs is 1. The molecule has 8 heteroatoms. The van der Waals surface area contributed by atoms with E-state index in [-0.39, 0.29) is 17.5 Å². The van der Waals surface area contributed by atoms with Crippen LogP contribution in [0.2, 0.25) is 0 Å². The Kier molecular flexibility index (Phi) is 3.09. The van der Waals surface area contributed by atoms with Crippen molar-refractivity contribution < 1.29 is 14.7 Å². The number of nitrogens with zero attached hydrogens (tertiary/aromatic N) is 3. The summed E-state index contributed by atoms with van der Waals surface area (Å²) >= 11 is 1.38. The van der Waals surface area contributed by atoms with E-state index in [1.165, 1.54) is 11.3 Å². The van der Waals surface area contributed by atoms with Crippen molar-refractivity contribution in [3.05, 3.63) is 17.3 Å². The van der Waals surface area contributed by atoms with E-state index in [1.54, 1.807) is 16.0 Å². The van der Waals surface area contributed by atoms with E-state index in [0.29, 0.717) is 23.9 Å². The van der Waals surface area contributed by atoms with Gasteiger partial charge in [-0.25, -0.2) is 9.78 Å². The van der Waals surface area contributed by atoms with E-state index >= 15 is 0 Å². The summed E-state index contributed by atoms with van der Waals surface area (Å²) in [7, 11) is 0. The predicted octanol–water partition coefficient (Wildman–Crippen LogP) is 0.796. The molecule has 0 aromatic carbocycles. The molecule has 1 saturated heterocycles. The van der Waals surface area contributed by atoms with Gasteiger partial charge in [0.1, 0.15) is 0 Å². The summed E-state index contributed by atoms with van der Waals surface area (Å²) in [4.78, 5) is 29.7. The van der Waals surface area contributed by atoms with Crippen LogP contribution in [0.25, 0.3) is 4.96 Å². The number of primary amides is 1. The number of carboxylic acid groups (broad SMARTS) is 1. The molecule has 1 aliphatic heterocycles. The number of carbonyl (C=O) groups excluding carboxylic acids is 1. The van der Waals surface area contributed by atoms with Crippen molar-refractivity contribution in [2.45, 2.75) is 12.8 Å². The number of aromatic nitrogens is 2. The summed E-state index contributed by atoms with van der Waals surface area (Å²) in [6, 6.07) is 0. The van der Waals surface area contributed by atoms with Gasteiger partial charge in [-0.05, 0) is 12.8 Å². The maximum absolute atomic E-state index is 11.5. The number of thiazole rings is 1. The highest BCUT2D eigenvalue weighted by Gasteiger charge is 2.30. The Morgan fingerprint density at radius 3 is 3.00 bits per heavy atom. The molecule has 0 radical (unpaired) electrons. The van der Waals surface area contributed by atoms with Gasteiger partial charge in [0.15, 0.2) is 16.5 Å². The first-order chi connectivity index (χ1) is 9.58. The molecular weight excluding hydrogens is 280 g/mol. The van der Waals surface area contributed by atoms with Gasteiger partial charge in [0.25, 0.3) is 0 Å². The van der Waals surface area contributed by atoms with Crippen LogP contribution in [0.4, 0.5) is 5.82 Å². The number of piperidine rings is 1. The van der Waals surface area contributed by atoms with Crippen LogP contribution < -0.4 is 10.6 Å². The molecule has 106 valence electrons. The third-order valence-electron chi connectivity index (χ3n) is 3.57. The lowest BCUT2D eigenvalue weighted by atomic mass is 9.97. The van der Waals surface area contributed by atoms with Crippen LogP contribution in [-0.4, -0.2) is 39.5 Å². The average Bonchev–Trinajstić information content (AvgIpc) is 2.97. The summed E-state index contributed by atoms with van der Waals surface area (Å²) < 4.78 is 1.57. The molecule has 2 aromatic rings. The first-order valence-corrected chi connectivity index (χ1v) is 7.19. The van der Waals surface area contributed by atoms with Crippen LogP contribution in [0.15, 0.2) is 11.6 Å². The van der Waals surface area contributed by atoms with E-state index < -0.39 is 5.97 Å². The number of nitrogens with two attached hydrogens (primary N) is 1. The highest BCUT2D eigenvalue weighted by molar-refractivity contribution is 7.15. The van der Waals surface area contributed by atoms with Crippen LogP contribution in [0.1, 0.15) is 23.3 Å². The average molecular weight is 294 g/mol. The molecule has 3 rings (SSSR count). The van der Waals surface area contributed by atoms with Crippen LogP contribution >= 0.6 is 11.3 Å². The largest absolute Gasteiger partial charge is 0.476 e. The Hall–Kier alpha value is -2.09. The number of imidazole rings is 1. The van der Waals surface area contributed by atoms with Crippen LogP contribution in [0.3, 0.4) is 0 Å². The van der Waals surface area contributed by atoms with Crippen LogP contribution in [-0.2, 0) is 4.79 Å². The van der Waals surface area contributed by atoms with Crippen molar-refractivity contribution in [1.29, 1.82) is 0 Å². The van der Waals surface area contributed by atoms with Crippen molar-refractivity contribution in [3.63, 3.8) is 0 Å². The van der Waals surface area contributed by atoms with Crippen molar-refractivity contribution in [3.8, 4) is 0 Å². The standard InChI is InChI=1S/C12H14N4O3S/c13-9(17)7-2-1-3-15(6-7)10-8(11(18)19)16-4-5-20-12(16)14-10/h4-5,7H,1-3,6H2,(H2,13,17)(H,18,19). The van der Waals surface area contributed by atoms with Gasteiger partial charge in [-0.15, -0.1) is 11.3 Å². The number of rotatable bonds is 3. The quantitative estimate of drug-likeness (QED) is 0.871. The molecule has 2 aromatic heterocycles. The Morgan fingerprint density at radius 2 is 2.30 bits per heavy atom. The zero-order chi connectivity index (χ0) is 14.3. The summed E-state index contributed by atoms with van der Waals surface area (Å²) in [6.45, 7) is 1.12. The zero-order valence-corrected chi connectivity index (χ0v) is 11.5. The number of aromatic carboxylic acids is 1. The molecule has 1 atom stereocenters. The fourth-order valence-electron chi connectivity index (χ4n) is 2.60. The van der Waals surface area contributed by atoms with E-state index in [9.17, 15) is 14.7 Å². The van der Waals surface area contributed by atoms with Crippen molar-refractivity contribution in [2.24, 2.45) is 11.7 Å². The molecule has 1 fully saturated rings. The lowest BCUT2D eigenvalue weighted by Gasteiger charge is -2.31. The fraction of sp³-hybridized carbons (Fsp3) is 0.417. The maximum atomic E-state index is 11.5. The van der Waals surface area contributed by atoms with Gasteiger partial charge in [-0.1, -0.05) is 0 Å². The lowest BCUT2D eigenvalue weighted by molar-refractivity contribution is -0.122. The van der Waals surface area contributed by atoms with Crippen LogP contribution in [0, 0.1) is 5.92 Å². The van der Waals surface area contributed by atoms with E-state index in [1.807, 2.05) is 4.90 Å². The number of carbonyl (C=O) groups is 2. The van der Waals surface area contributed by atoms with Crippen molar-refractivity contribution in [2.75, 3.05) is 18.0 Å². The van der Waals surface area contributed by atoms with Gasteiger partial charge in [0.2, 0.25) is 5.91 Å². The topological polar surface area (TPSA) is 101 Å². The van der Waals surface area contributed by atoms with Gasteiger partial charge >= 0.3 is 5.97 Å². The van der Waals surface area contributed by atoms with Gasteiger partial charge in [0, 0.05) is 24.7 Å².